The van der Waals surface area contributed by atoms with Gasteiger partial charge in [0.2, 0.25) is 5.91 Å². The molecule has 7 heteroatoms. The molecule has 2 aromatic heterocycles. The molecular weight excluding hydrogens is 280 g/mol. The van der Waals surface area contributed by atoms with E-state index in [0.29, 0.717) is 12.3 Å². The van der Waals surface area contributed by atoms with Gasteiger partial charge in [-0.25, -0.2) is 9.97 Å². The molecule has 19 heavy (non-hydrogen) atoms. The van der Waals surface area contributed by atoms with Crippen molar-refractivity contribution in [2.24, 2.45) is 0 Å². The molecule has 2 heterocycles. The van der Waals surface area contributed by atoms with Gasteiger partial charge < -0.3 is 9.88 Å². The van der Waals surface area contributed by atoms with Gasteiger partial charge in [0.25, 0.3) is 0 Å². The number of nitrogens with one attached hydrogen (secondary N) is 1. The van der Waals surface area contributed by atoms with Crippen molar-refractivity contribution >= 4 is 29.0 Å². The number of rotatable bonds is 5. The summed E-state index contributed by atoms with van der Waals surface area (Å²) >= 11 is 3.05. The highest BCUT2D eigenvalue weighted by atomic mass is 32.2. The van der Waals surface area contributed by atoms with Crippen molar-refractivity contribution in [1.82, 2.24) is 19.9 Å². The van der Waals surface area contributed by atoms with Crippen LogP contribution in [0.15, 0.2) is 15.9 Å². The van der Waals surface area contributed by atoms with E-state index in [0.717, 1.165) is 21.6 Å². The number of H-pyrrole nitrogens is 1. The molecule has 2 rings (SSSR count). The van der Waals surface area contributed by atoms with Crippen molar-refractivity contribution in [3.63, 3.8) is 0 Å². The SMILES string of the molecule is Cc1csc(SCC(=O)N(C)Cc2ncc(C)[nH]2)n1. The highest BCUT2D eigenvalue weighted by Gasteiger charge is 2.12. The number of thiazole rings is 1. The zero-order valence-corrected chi connectivity index (χ0v) is 12.8. The van der Waals surface area contributed by atoms with Gasteiger partial charge in [-0.1, -0.05) is 11.8 Å². The fourth-order valence-electron chi connectivity index (χ4n) is 1.49. The quantitative estimate of drug-likeness (QED) is 0.860. The third-order valence-corrected chi connectivity index (χ3v) is 4.61. The van der Waals surface area contributed by atoms with Crippen LogP contribution < -0.4 is 0 Å². The van der Waals surface area contributed by atoms with Crippen LogP contribution in [0.25, 0.3) is 0 Å². The van der Waals surface area contributed by atoms with E-state index >= 15 is 0 Å². The van der Waals surface area contributed by atoms with Crippen LogP contribution in [0, 0.1) is 13.8 Å². The van der Waals surface area contributed by atoms with Crippen LogP contribution in [-0.2, 0) is 11.3 Å². The lowest BCUT2D eigenvalue weighted by atomic mass is 10.5. The number of aromatic nitrogens is 3. The Bertz CT molecular complexity index is 564. The second kappa shape index (κ2) is 6.21. The van der Waals surface area contributed by atoms with Crippen molar-refractivity contribution in [3.05, 3.63) is 28.8 Å². The number of carbonyl (C=O) groups excluding carboxylic acids is 1. The lowest BCUT2D eigenvalue weighted by molar-refractivity contribution is -0.127. The fourth-order valence-corrected chi connectivity index (χ4v) is 3.28. The number of thioether (sulfide) groups is 1. The summed E-state index contributed by atoms with van der Waals surface area (Å²) in [5, 5.41) is 1.99. The lowest BCUT2D eigenvalue weighted by Crippen LogP contribution is -2.28. The van der Waals surface area contributed by atoms with Crippen LogP contribution >= 0.6 is 23.1 Å². The Balaban J connectivity index is 1.82. The number of aromatic amines is 1. The smallest absolute Gasteiger partial charge is 0.233 e. The van der Waals surface area contributed by atoms with Crippen molar-refractivity contribution in [1.29, 1.82) is 0 Å². The molecule has 0 aromatic carbocycles. The third kappa shape index (κ3) is 4.07. The number of hydrogen-bond donors (Lipinski definition) is 1. The highest BCUT2D eigenvalue weighted by molar-refractivity contribution is 8.01. The maximum Gasteiger partial charge on any atom is 0.233 e. The number of carbonyl (C=O) groups is 1. The van der Waals surface area contributed by atoms with Gasteiger partial charge in [0.05, 0.1) is 12.3 Å². The number of aryl methyl sites for hydroxylation is 2. The summed E-state index contributed by atoms with van der Waals surface area (Å²) in [5.74, 6) is 1.29. The second-order valence-electron chi connectivity index (χ2n) is 4.31. The minimum Gasteiger partial charge on any atom is -0.345 e. The molecule has 0 unspecified atom stereocenters. The molecule has 0 bridgehead atoms. The largest absolute Gasteiger partial charge is 0.345 e. The molecule has 0 spiro atoms. The Morgan fingerprint density at radius 2 is 2.32 bits per heavy atom. The molecule has 0 radical (unpaired) electrons. The van der Waals surface area contributed by atoms with Gasteiger partial charge in [-0.3, -0.25) is 4.79 Å². The zero-order valence-electron chi connectivity index (χ0n) is 11.1. The monoisotopic (exact) mass is 296 g/mol. The second-order valence-corrected chi connectivity index (χ2v) is 6.39. The first-order chi connectivity index (χ1) is 9.04. The third-order valence-electron chi connectivity index (χ3n) is 2.49. The van der Waals surface area contributed by atoms with Crippen molar-refractivity contribution in [3.8, 4) is 0 Å². The first-order valence-corrected chi connectivity index (χ1v) is 7.70. The predicted octanol–water partition coefficient (Wildman–Crippen LogP) is 2.23. The summed E-state index contributed by atoms with van der Waals surface area (Å²) in [5.41, 5.74) is 2.00. The first kappa shape index (κ1) is 14.1. The summed E-state index contributed by atoms with van der Waals surface area (Å²) in [6, 6.07) is 0. The summed E-state index contributed by atoms with van der Waals surface area (Å²) in [6.45, 7) is 4.40. The lowest BCUT2D eigenvalue weighted by Gasteiger charge is -2.14. The van der Waals surface area contributed by atoms with Gasteiger partial charge in [0.15, 0.2) is 4.34 Å². The van der Waals surface area contributed by atoms with Crippen LogP contribution in [0.1, 0.15) is 17.2 Å². The number of nitrogens with zero attached hydrogens (tertiary/aromatic N) is 3. The van der Waals surface area contributed by atoms with Gasteiger partial charge >= 0.3 is 0 Å². The molecule has 0 aliphatic heterocycles. The summed E-state index contributed by atoms with van der Waals surface area (Å²) in [7, 11) is 1.79. The standard InChI is InChI=1S/C12H16N4OS2/c1-8-4-13-10(14-8)5-16(3)11(17)7-19-12-15-9(2)6-18-12/h4,6H,5,7H2,1-3H3,(H,13,14). The van der Waals surface area contributed by atoms with Gasteiger partial charge in [0.1, 0.15) is 5.82 Å². The number of amides is 1. The average molecular weight is 296 g/mol. The van der Waals surface area contributed by atoms with E-state index in [1.807, 2.05) is 19.2 Å². The average Bonchev–Trinajstić information content (AvgIpc) is 2.95. The topological polar surface area (TPSA) is 61.9 Å². The summed E-state index contributed by atoms with van der Waals surface area (Å²) in [4.78, 5) is 25.3. The van der Waals surface area contributed by atoms with Crippen LogP contribution in [0.5, 0.6) is 0 Å². The summed E-state index contributed by atoms with van der Waals surface area (Å²) < 4.78 is 0.938. The molecule has 5 nitrogen and oxygen atoms in total. The Morgan fingerprint density at radius 1 is 1.53 bits per heavy atom. The molecule has 1 N–H and O–H groups in total. The van der Waals surface area contributed by atoms with Crippen LogP contribution in [0.2, 0.25) is 0 Å². The normalized spacial score (nSPS) is 10.7. The van der Waals surface area contributed by atoms with E-state index in [1.165, 1.54) is 11.8 Å². The molecule has 0 fully saturated rings. The molecule has 0 atom stereocenters. The Labute approximate surface area is 120 Å². The molecular formula is C12H16N4OS2. The highest BCUT2D eigenvalue weighted by Crippen LogP contribution is 2.22. The van der Waals surface area contributed by atoms with Gasteiger partial charge in [-0.05, 0) is 13.8 Å². The zero-order chi connectivity index (χ0) is 13.8. The molecule has 0 saturated carbocycles. The summed E-state index contributed by atoms with van der Waals surface area (Å²) in [6.07, 6.45) is 1.76. The molecule has 0 aliphatic carbocycles. The van der Waals surface area contributed by atoms with Gasteiger partial charge in [0, 0.05) is 30.0 Å². The van der Waals surface area contributed by atoms with Crippen LogP contribution in [0.4, 0.5) is 0 Å². The van der Waals surface area contributed by atoms with Crippen LogP contribution in [0.3, 0.4) is 0 Å². The van der Waals surface area contributed by atoms with E-state index in [-0.39, 0.29) is 5.91 Å². The van der Waals surface area contributed by atoms with E-state index in [2.05, 4.69) is 15.0 Å². The van der Waals surface area contributed by atoms with E-state index in [4.69, 9.17) is 0 Å². The van der Waals surface area contributed by atoms with Crippen molar-refractivity contribution < 1.29 is 4.79 Å². The van der Waals surface area contributed by atoms with E-state index in [9.17, 15) is 4.79 Å². The van der Waals surface area contributed by atoms with Gasteiger partial charge in [-0.2, -0.15) is 0 Å². The van der Waals surface area contributed by atoms with Crippen molar-refractivity contribution in [2.45, 2.75) is 24.7 Å². The van der Waals surface area contributed by atoms with E-state index < -0.39 is 0 Å². The predicted molar refractivity (Wildman–Crippen MR) is 77.4 cm³/mol. The number of hydrogen-bond acceptors (Lipinski definition) is 5. The molecule has 1 amide bonds. The van der Waals surface area contributed by atoms with E-state index in [1.54, 1.807) is 29.5 Å². The minimum absolute atomic E-state index is 0.0758. The molecule has 102 valence electrons. The van der Waals surface area contributed by atoms with Gasteiger partial charge in [-0.15, -0.1) is 11.3 Å². The molecule has 0 aliphatic rings. The Kier molecular flexibility index (Phi) is 4.60. The minimum atomic E-state index is 0.0758. The van der Waals surface area contributed by atoms with Crippen LogP contribution in [-0.4, -0.2) is 38.6 Å². The Hall–Kier alpha value is -1.34. The number of imidazole rings is 1. The first-order valence-electron chi connectivity index (χ1n) is 5.84. The molecule has 0 saturated heterocycles. The maximum absolute atomic E-state index is 12.0. The fraction of sp³-hybridized carbons (Fsp3) is 0.417. The maximum atomic E-state index is 12.0. The Morgan fingerprint density at radius 3 is 2.89 bits per heavy atom. The molecule has 2 aromatic rings. The van der Waals surface area contributed by atoms with Crippen molar-refractivity contribution in [2.75, 3.05) is 12.8 Å².